The second kappa shape index (κ2) is 6.30. The van der Waals surface area contributed by atoms with Crippen LogP contribution in [0.15, 0.2) is 39.1 Å². The summed E-state index contributed by atoms with van der Waals surface area (Å²) >= 11 is 4.54. The van der Waals surface area contributed by atoms with Crippen molar-refractivity contribution < 1.29 is 12.8 Å². The average Bonchev–Trinajstić information content (AvgIpc) is 2.89. The summed E-state index contributed by atoms with van der Waals surface area (Å²) in [5.41, 5.74) is 0. The zero-order valence-corrected chi connectivity index (χ0v) is 13.7. The van der Waals surface area contributed by atoms with Gasteiger partial charge in [-0.2, -0.15) is 0 Å². The number of hydrogen-bond donors (Lipinski definition) is 1. The number of benzene rings is 1. The molecule has 0 aliphatic heterocycles. The standard InChI is InChI=1S/C12H12BrFN2O2S2/c1-8(12-15-4-5-19-12)7-16-20(17,18)11-3-2-9(14)6-10(11)13/h2-6,8,16H,7H2,1H3. The maximum atomic E-state index is 13.0. The van der Waals surface area contributed by atoms with Crippen LogP contribution in [0, 0.1) is 5.82 Å². The Morgan fingerprint density at radius 3 is 2.85 bits per heavy atom. The van der Waals surface area contributed by atoms with E-state index in [1.54, 1.807) is 6.20 Å². The predicted octanol–water partition coefficient (Wildman–Crippen LogP) is 3.13. The van der Waals surface area contributed by atoms with Gasteiger partial charge in [0.2, 0.25) is 10.0 Å². The van der Waals surface area contributed by atoms with Crippen molar-refractivity contribution in [2.75, 3.05) is 6.54 Å². The summed E-state index contributed by atoms with van der Waals surface area (Å²) in [7, 11) is -3.68. The van der Waals surface area contributed by atoms with Gasteiger partial charge in [0.15, 0.2) is 0 Å². The molecule has 0 amide bonds. The van der Waals surface area contributed by atoms with E-state index in [1.807, 2.05) is 12.3 Å². The molecule has 0 saturated heterocycles. The second-order valence-electron chi connectivity index (χ2n) is 4.20. The first-order chi connectivity index (χ1) is 9.40. The lowest BCUT2D eigenvalue weighted by Crippen LogP contribution is -2.28. The number of nitrogens with zero attached hydrogens (tertiary/aromatic N) is 1. The molecule has 2 rings (SSSR count). The van der Waals surface area contributed by atoms with Gasteiger partial charge in [-0.3, -0.25) is 0 Å². The van der Waals surface area contributed by atoms with E-state index in [0.717, 1.165) is 17.1 Å². The van der Waals surface area contributed by atoms with Gasteiger partial charge in [0.1, 0.15) is 5.82 Å². The number of rotatable bonds is 5. The molecule has 8 heteroatoms. The smallest absolute Gasteiger partial charge is 0.241 e. The summed E-state index contributed by atoms with van der Waals surface area (Å²) in [6.07, 6.45) is 1.68. The number of nitrogens with one attached hydrogen (secondary N) is 1. The summed E-state index contributed by atoms with van der Waals surface area (Å²) in [6.45, 7) is 2.13. The van der Waals surface area contributed by atoms with Gasteiger partial charge in [-0.15, -0.1) is 11.3 Å². The van der Waals surface area contributed by atoms with Crippen LogP contribution in [-0.4, -0.2) is 19.9 Å². The molecule has 2 aromatic rings. The lowest BCUT2D eigenvalue weighted by molar-refractivity contribution is 0.573. The van der Waals surface area contributed by atoms with Gasteiger partial charge >= 0.3 is 0 Å². The molecule has 0 saturated carbocycles. The highest BCUT2D eigenvalue weighted by atomic mass is 79.9. The molecule has 1 aromatic heterocycles. The van der Waals surface area contributed by atoms with Gasteiger partial charge in [0.25, 0.3) is 0 Å². The topological polar surface area (TPSA) is 59.1 Å². The molecule has 1 atom stereocenters. The molecular weight excluding hydrogens is 367 g/mol. The molecule has 0 radical (unpaired) electrons. The highest BCUT2D eigenvalue weighted by Crippen LogP contribution is 2.23. The Balaban J connectivity index is 2.11. The van der Waals surface area contributed by atoms with Gasteiger partial charge < -0.3 is 0 Å². The summed E-state index contributed by atoms with van der Waals surface area (Å²) in [5.74, 6) is -0.518. The van der Waals surface area contributed by atoms with Crippen LogP contribution in [0.2, 0.25) is 0 Å². The lowest BCUT2D eigenvalue weighted by Gasteiger charge is -2.11. The van der Waals surface area contributed by atoms with Gasteiger partial charge in [-0.25, -0.2) is 22.5 Å². The average molecular weight is 379 g/mol. The zero-order chi connectivity index (χ0) is 14.8. The Morgan fingerprint density at radius 2 is 2.25 bits per heavy atom. The first kappa shape index (κ1) is 15.6. The van der Waals surface area contributed by atoms with Crippen LogP contribution in [0.5, 0.6) is 0 Å². The second-order valence-corrected chi connectivity index (χ2v) is 7.71. The van der Waals surface area contributed by atoms with Gasteiger partial charge in [-0.1, -0.05) is 6.92 Å². The van der Waals surface area contributed by atoms with Crippen molar-refractivity contribution in [3.8, 4) is 0 Å². The van der Waals surface area contributed by atoms with Crippen LogP contribution in [0.1, 0.15) is 17.8 Å². The minimum Gasteiger partial charge on any atom is -0.249 e. The fourth-order valence-electron chi connectivity index (χ4n) is 1.57. The molecule has 0 spiro atoms. The van der Waals surface area contributed by atoms with Crippen LogP contribution in [-0.2, 0) is 10.0 Å². The quantitative estimate of drug-likeness (QED) is 0.869. The molecule has 108 valence electrons. The largest absolute Gasteiger partial charge is 0.249 e. The minimum absolute atomic E-state index is 0.0187. The van der Waals surface area contributed by atoms with E-state index in [4.69, 9.17) is 0 Å². The number of thiazole rings is 1. The molecule has 0 fully saturated rings. The molecule has 0 bridgehead atoms. The third-order valence-electron chi connectivity index (χ3n) is 2.64. The van der Waals surface area contributed by atoms with Crippen molar-refractivity contribution >= 4 is 37.3 Å². The highest BCUT2D eigenvalue weighted by molar-refractivity contribution is 9.10. The van der Waals surface area contributed by atoms with E-state index in [2.05, 4.69) is 25.6 Å². The molecule has 1 heterocycles. The summed E-state index contributed by atoms with van der Waals surface area (Å²) in [4.78, 5) is 4.16. The normalized spacial score (nSPS) is 13.3. The van der Waals surface area contributed by atoms with Crippen molar-refractivity contribution in [1.82, 2.24) is 9.71 Å². The zero-order valence-electron chi connectivity index (χ0n) is 10.5. The molecule has 0 aliphatic rings. The van der Waals surface area contributed by atoms with Crippen LogP contribution >= 0.6 is 27.3 Å². The third-order valence-corrected chi connectivity index (χ3v) is 6.04. The number of hydrogen-bond acceptors (Lipinski definition) is 4. The van der Waals surface area contributed by atoms with E-state index in [9.17, 15) is 12.8 Å². The maximum absolute atomic E-state index is 13.0. The number of aromatic nitrogens is 1. The van der Waals surface area contributed by atoms with Crippen molar-refractivity contribution in [1.29, 1.82) is 0 Å². The Morgan fingerprint density at radius 1 is 1.50 bits per heavy atom. The van der Waals surface area contributed by atoms with Crippen molar-refractivity contribution in [3.63, 3.8) is 0 Å². The predicted molar refractivity (Wildman–Crippen MR) is 79.8 cm³/mol. The van der Waals surface area contributed by atoms with Crippen LogP contribution < -0.4 is 4.72 Å². The Labute approximate surface area is 129 Å². The lowest BCUT2D eigenvalue weighted by atomic mass is 10.2. The minimum atomic E-state index is -3.68. The number of halogens is 2. The SMILES string of the molecule is CC(CNS(=O)(=O)c1ccc(F)cc1Br)c1nccs1. The molecule has 20 heavy (non-hydrogen) atoms. The number of sulfonamides is 1. The van der Waals surface area contributed by atoms with E-state index in [0.29, 0.717) is 0 Å². The van der Waals surface area contributed by atoms with Crippen LogP contribution in [0.4, 0.5) is 4.39 Å². The molecule has 4 nitrogen and oxygen atoms in total. The summed E-state index contributed by atoms with van der Waals surface area (Å²) in [6, 6.07) is 3.47. The fraction of sp³-hybridized carbons (Fsp3) is 0.250. The molecule has 0 aliphatic carbocycles. The Bertz CT molecular complexity index is 689. The van der Waals surface area contributed by atoms with Crippen LogP contribution in [0.3, 0.4) is 0 Å². The molecular formula is C12H12BrFN2O2S2. The maximum Gasteiger partial charge on any atom is 0.241 e. The van der Waals surface area contributed by atoms with Gasteiger partial charge in [-0.05, 0) is 34.1 Å². The van der Waals surface area contributed by atoms with E-state index < -0.39 is 15.8 Å². The first-order valence-electron chi connectivity index (χ1n) is 5.74. The Kier molecular flexibility index (Phi) is 4.90. The van der Waals surface area contributed by atoms with E-state index in [-0.39, 0.29) is 21.8 Å². The molecule has 1 N–H and O–H groups in total. The Hall–Kier alpha value is -0.830. The van der Waals surface area contributed by atoms with E-state index >= 15 is 0 Å². The first-order valence-corrected chi connectivity index (χ1v) is 8.90. The van der Waals surface area contributed by atoms with Gasteiger partial charge in [0.05, 0.1) is 9.90 Å². The highest BCUT2D eigenvalue weighted by Gasteiger charge is 2.19. The fourth-order valence-corrected chi connectivity index (χ4v) is 4.45. The van der Waals surface area contributed by atoms with Crippen molar-refractivity contribution in [3.05, 3.63) is 45.1 Å². The van der Waals surface area contributed by atoms with E-state index in [1.165, 1.54) is 17.4 Å². The van der Waals surface area contributed by atoms with Gasteiger partial charge in [0, 0.05) is 28.5 Å². The van der Waals surface area contributed by atoms with Crippen molar-refractivity contribution in [2.45, 2.75) is 17.7 Å². The van der Waals surface area contributed by atoms with Crippen LogP contribution in [0.25, 0.3) is 0 Å². The molecule has 1 unspecified atom stereocenters. The monoisotopic (exact) mass is 378 g/mol. The summed E-state index contributed by atoms with van der Waals surface area (Å²) < 4.78 is 40.0. The summed E-state index contributed by atoms with van der Waals surface area (Å²) in [5, 5.41) is 2.71. The molecule has 1 aromatic carbocycles. The van der Waals surface area contributed by atoms with Crippen molar-refractivity contribution in [2.24, 2.45) is 0 Å². The third kappa shape index (κ3) is 3.63.